The minimum atomic E-state index is -0.353. The van der Waals surface area contributed by atoms with Crippen molar-refractivity contribution in [2.45, 2.75) is 12.8 Å². The lowest BCUT2D eigenvalue weighted by Crippen LogP contribution is -2.43. The molecule has 1 aromatic carbocycles. The molecule has 2 aliphatic heterocycles. The Balaban J connectivity index is 1.69. The third kappa shape index (κ3) is 3.42. The van der Waals surface area contributed by atoms with E-state index in [0.29, 0.717) is 29.6 Å². The number of ether oxygens (including phenoxy) is 2. The molecule has 1 aromatic rings. The van der Waals surface area contributed by atoms with E-state index in [1.807, 2.05) is 0 Å². The zero-order valence-electron chi connectivity index (χ0n) is 12.5. The molecule has 2 heterocycles. The fourth-order valence-corrected chi connectivity index (χ4v) is 3.04. The van der Waals surface area contributed by atoms with E-state index in [2.05, 4.69) is 0 Å². The fourth-order valence-electron chi connectivity index (χ4n) is 2.77. The van der Waals surface area contributed by atoms with Crippen LogP contribution in [0.15, 0.2) is 18.2 Å². The normalized spacial score (nSPS) is 20.0. The van der Waals surface area contributed by atoms with Crippen LogP contribution in [-0.4, -0.2) is 36.6 Å². The molecule has 2 amide bonds. The zero-order valence-corrected chi connectivity index (χ0v) is 13.2. The lowest BCUT2D eigenvalue weighted by molar-refractivity contribution is -0.130. The number of halogens is 1. The number of primary amides is 1. The lowest BCUT2D eigenvalue weighted by Gasteiger charge is -2.30. The smallest absolute Gasteiger partial charge is 0.246 e. The van der Waals surface area contributed by atoms with Crippen LogP contribution in [0.4, 0.5) is 0 Å². The van der Waals surface area contributed by atoms with Crippen LogP contribution in [0.3, 0.4) is 0 Å². The van der Waals surface area contributed by atoms with Crippen molar-refractivity contribution < 1.29 is 19.1 Å². The number of fused-ring (bicyclic) bond motifs is 1. The molecule has 1 fully saturated rings. The Morgan fingerprint density at radius 2 is 2.17 bits per heavy atom. The van der Waals surface area contributed by atoms with Gasteiger partial charge in [-0.3, -0.25) is 9.59 Å². The largest absolute Gasteiger partial charge is 0.454 e. The van der Waals surface area contributed by atoms with Crippen molar-refractivity contribution >= 4 is 29.5 Å². The summed E-state index contributed by atoms with van der Waals surface area (Å²) < 4.78 is 10.5. The number of amides is 2. The molecule has 2 aliphatic rings. The van der Waals surface area contributed by atoms with Gasteiger partial charge in [-0.2, -0.15) is 0 Å². The Labute approximate surface area is 138 Å². The Kier molecular flexibility index (Phi) is 4.43. The van der Waals surface area contributed by atoms with Gasteiger partial charge in [-0.1, -0.05) is 11.6 Å². The number of nitrogens with two attached hydrogens (primary N) is 1. The first-order chi connectivity index (χ1) is 11.0. The van der Waals surface area contributed by atoms with Crippen molar-refractivity contribution in [3.8, 4) is 11.5 Å². The van der Waals surface area contributed by atoms with Crippen LogP contribution < -0.4 is 15.2 Å². The molecule has 2 N–H and O–H groups in total. The van der Waals surface area contributed by atoms with Crippen molar-refractivity contribution in [2.24, 2.45) is 11.7 Å². The summed E-state index contributed by atoms with van der Waals surface area (Å²) >= 11 is 6.11. The van der Waals surface area contributed by atoms with Gasteiger partial charge in [0.1, 0.15) is 0 Å². The molecule has 1 unspecified atom stereocenters. The molecule has 23 heavy (non-hydrogen) atoms. The maximum absolute atomic E-state index is 12.3. The second-order valence-corrected chi connectivity index (χ2v) is 6.00. The highest BCUT2D eigenvalue weighted by Crippen LogP contribution is 2.40. The molecule has 0 radical (unpaired) electrons. The van der Waals surface area contributed by atoms with Crippen LogP contribution >= 0.6 is 11.6 Å². The van der Waals surface area contributed by atoms with Crippen LogP contribution in [0.25, 0.3) is 6.08 Å². The Hall–Kier alpha value is -2.21. The maximum atomic E-state index is 12.3. The van der Waals surface area contributed by atoms with E-state index in [1.165, 1.54) is 6.08 Å². The van der Waals surface area contributed by atoms with E-state index in [-0.39, 0.29) is 24.5 Å². The van der Waals surface area contributed by atoms with Gasteiger partial charge in [0.25, 0.3) is 0 Å². The predicted molar refractivity (Wildman–Crippen MR) is 85.1 cm³/mol. The van der Waals surface area contributed by atoms with Gasteiger partial charge in [0.2, 0.25) is 18.6 Å². The second kappa shape index (κ2) is 6.50. The molecule has 6 nitrogen and oxygen atoms in total. The van der Waals surface area contributed by atoms with Crippen molar-refractivity contribution in [3.63, 3.8) is 0 Å². The number of nitrogens with zero attached hydrogens (tertiary/aromatic N) is 1. The van der Waals surface area contributed by atoms with E-state index < -0.39 is 0 Å². The number of hydrogen-bond acceptors (Lipinski definition) is 4. The van der Waals surface area contributed by atoms with Gasteiger partial charge in [-0.05, 0) is 36.6 Å². The summed E-state index contributed by atoms with van der Waals surface area (Å²) in [4.78, 5) is 25.2. The third-order valence-corrected chi connectivity index (χ3v) is 4.28. The lowest BCUT2D eigenvalue weighted by atomic mass is 9.97. The maximum Gasteiger partial charge on any atom is 0.246 e. The van der Waals surface area contributed by atoms with Gasteiger partial charge < -0.3 is 20.1 Å². The van der Waals surface area contributed by atoms with Crippen molar-refractivity contribution in [1.82, 2.24) is 4.90 Å². The molecule has 0 saturated carbocycles. The van der Waals surface area contributed by atoms with E-state index in [0.717, 1.165) is 18.4 Å². The SMILES string of the molecule is NC(=O)C1CCCN(C(=O)C=Cc2cc(Cl)c3c(c2)OCO3)C1. The van der Waals surface area contributed by atoms with Crippen LogP contribution in [0.1, 0.15) is 18.4 Å². The summed E-state index contributed by atoms with van der Waals surface area (Å²) in [6, 6.07) is 3.47. The minimum absolute atomic E-state index is 0.142. The molecular formula is C16H17ClN2O4. The van der Waals surface area contributed by atoms with Crippen molar-refractivity contribution in [2.75, 3.05) is 19.9 Å². The highest BCUT2D eigenvalue weighted by atomic mass is 35.5. The molecule has 122 valence electrons. The summed E-state index contributed by atoms with van der Waals surface area (Å²) in [6.07, 6.45) is 4.66. The van der Waals surface area contributed by atoms with Gasteiger partial charge in [-0.15, -0.1) is 0 Å². The topological polar surface area (TPSA) is 81.9 Å². The summed E-state index contributed by atoms with van der Waals surface area (Å²) in [5, 5.41) is 0.443. The van der Waals surface area contributed by atoms with Crippen LogP contribution in [-0.2, 0) is 9.59 Å². The highest BCUT2D eigenvalue weighted by molar-refractivity contribution is 6.32. The molecule has 7 heteroatoms. The summed E-state index contributed by atoms with van der Waals surface area (Å²) in [5.41, 5.74) is 6.07. The van der Waals surface area contributed by atoms with Crippen molar-refractivity contribution in [3.05, 3.63) is 28.8 Å². The molecule has 1 saturated heterocycles. The quantitative estimate of drug-likeness (QED) is 0.853. The average molecular weight is 337 g/mol. The Morgan fingerprint density at radius 1 is 1.35 bits per heavy atom. The molecule has 0 aromatic heterocycles. The molecule has 0 spiro atoms. The first kappa shape index (κ1) is 15.7. The molecule has 0 aliphatic carbocycles. The van der Waals surface area contributed by atoms with E-state index in [9.17, 15) is 9.59 Å². The number of likely N-dealkylation sites (tertiary alicyclic amines) is 1. The number of hydrogen-bond donors (Lipinski definition) is 1. The van der Waals surface area contributed by atoms with Crippen LogP contribution in [0.5, 0.6) is 11.5 Å². The number of carbonyl (C=O) groups excluding carboxylic acids is 2. The summed E-state index contributed by atoms with van der Waals surface area (Å²) in [6.45, 7) is 1.15. The Morgan fingerprint density at radius 3 is 2.96 bits per heavy atom. The van der Waals surface area contributed by atoms with E-state index in [1.54, 1.807) is 23.1 Å². The zero-order chi connectivity index (χ0) is 16.4. The molecular weight excluding hydrogens is 320 g/mol. The van der Waals surface area contributed by atoms with Gasteiger partial charge >= 0.3 is 0 Å². The first-order valence-electron chi connectivity index (χ1n) is 7.40. The molecule has 1 atom stereocenters. The monoisotopic (exact) mass is 336 g/mol. The summed E-state index contributed by atoms with van der Waals surface area (Å²) in [5.74, 6) is 0.326. The molecule has 0 bridgehead atoms. The van der Waals surface area contributed by atoms with E-state index in [4.69, 9.17) is 26.8 Å². The van der Waals surface area contributed by atoms with Gasteiger partial charge in [0.05, 0.1) is 10.9 Å². The predicted octanol–water partition coefficient (Wildman–Crippen LogP) is 1.81. The van der Waals surface area contributed by atoms with Crippen LogP contribution in [0.2, 0.25) is 5.02 Å². The fraction of sp³-hybridized carbons (Fsp3) is 0.375. The average Bonchev–Trinajstić information content (AvgIpc) is 3.02. The number of benzene rings is 1. The number of piperidine rings is 1. The number of rotatable bonds is 3. The standard InChI is InChI=1S/C16H17ClN2O4/c17-12-6-10(7-13-15(12)23-9-22-13)3-4-14(20)19-5-1-2-11(8-19)16(18)21/h3-4,6-7,11H,1-2,5,8-9H2,(H2,18,21). The van der Waals surface area contributed by atoms with Gasteiger partial charge in [0, 0.05) is 19.2 Å². The third-order valence-electron chi connectivity index (χ3n) is 4.00. The van der Waals surface area contributed by atoms with Gasteiger partial charge in [0.15, 0.2) is 11.5 Å². The minimum Gasteiger partial charge on any atom is -0.454 e. The van der Waals surface area contributed by atoms with Crippen LogP contribution in [0, 0.1) is 5.92 Å². The summed E-state index contributed by atoms with van der Waals surface area (Å²) in [7, 11) is 0. The van der Waals surface area contributed by atoms with Gasteiger partial charge in [-0.25, -0.2) is 0 Å². The van der Waals surface area contributed by atoms with E-state index >= 15 is 0 Å². The van der Waals surface area contributed by atoms with Crippen molar-refractivity contribution in [1.29, 1.82) is 0 Å². The number of carbonyl (C=O) groups is 2. The molecule has 3 rings (SSSR count). The highest BCUT2D eigenvalue weighted by Gasteiger charge is 2.26. The first-order valence-corrected chi connectivity index (χ1v) is 7.78. The second-order valence-electron chi connectivity index (χ2n) is 5.60. The Bertz CT molecular complexity index is 674.